The third-order valence-electron chi connectivity index (χ3n) is 4.43. The largest absolute Gasteiger partial charge is 0.341 e. The van der Waals surface area contributed by atoms with Gasteiger partial charge in [0.05, 0.1) is 0 Å². The zero-order valence-corrected chi connectivity index (χ0v) is 14.7. The molecule has 1 aliphatic rings. The van der Waals surface area contributed by atoms with Crippen LogP contribution in [0.1, 0.15) is 24.0 Å². The number of pyridine rings is 1. The molecule has 5 nitrogen and oxygen atoms in total. The number of nitrogens with one attached hydrogen (secondary N) is 1. The second-order valence-corrected chi connectivity index (χ2v) is 6.40. The first-order valence-electron chi connectivity index (χ1n) is 8.94. The SMILES string of the molecule is O=C(/C=C/c1cccnc1)N[C@H](Cc1ccccc1)C(=O)N1CCCC1. The summed E-state index contributed by atoms with van der Waals surface area (Å²) >= 11 is 0. The van der Waals surface area contributed by atoms with Crippen LogP contribution in [-0.4, -0.2) is 40.8 Å². The first kappa shape index (κ1) is 17.9. The van der Waals surface area contributed by atoms with Gasteiger partial charge < -0.3 is 10.2 Å². The Kier molecular flexibility index (Phi) is 6.14. The predicted octanol–water partition coefficient (Wildman–Crippen LogP) is 2.44. The Balaban J connectivity index is 1.68. The maximum atomic E-state index is 12.8. The molecule has 0 radical (unpaired) electrons. The molecule has 2 aromatic rings. The van der Waals surface area contributed by atoms with Gasteiger partial charge in [-0.25, -0.2) is 0 Å². The first-order valence-corrected chi connectivity index (χ1v) is 8.94. The average molecular weight is 349 g/mol. The highest BCUT2D eigenvalue weighted by Crippen LogP contribution is 2.12. The Hall–Kier alpha value is -2.95. The molecule has 0 spiro atoms. The number of likely N-dealkylation sites (tertiary alicyclic amines) is 1. The molecule has 2 amide bonds. The number of nitrogens with zero attached hydrogens (tertiary/aromatic N) is 2. The minimum atomic E-state index is -0.554. The summed E-state index contributed by atoms with van der Waals surface area (Å²) < 4.78 is 0. The second-order valence-electron chi connectivity index (χ2n) is 6.40. The molecule has 1 atom stereocenters. The van der Waals surface area contributed by atoms with E-state index in [0.29, 0.717) is 6.42 Å². The van der Waals surface area contributed by atoms with Crippen molar-refractivity contribution in [3.8, 4) is 0 Å². The second kappa shape index (κ2) is 8.94. The van der Waals surface area contributed by atoms with Crippen LogP contribution in [0.3, 0.4) is 0 Å². The zero-order valence-electron chi connectivity index (χ0n) is 14.7. The molecule has 0 saturated carbocycles. The maximum absolute atomic E-state index is 12.8. The van der Waals surface area contributed by atoms with Crippen molar-refractivity contribution < 1.29 is 9.59 Å². The first-order chi connectivity index (χ1) is 12.7. The van der Waals surface area contributed by atoms with E-state index in [1.807, 2.05) is 47.4 Å². The number of amides is 2. The number of hydrogen-bond acceptors (Lipinski definition) is 3. The highest BCUT2D eigenvalue weighted by molar-refractivity contribution is 5.95. The predicted molar refractivity (Wildman–Crippen MR) is 101 cm³/mol. The lowest BCUT2D eigenvalue weighted by atomic mass is 10.0. The fraction of sp³-hybridized carbons (Fsp3) is 0.286. The molecule has 1 N–H and O–H groups in total. The van der Waals surface area contributed by atoms with Gasteiger partial charge in [0.2, 0.25) is 11.8 Å². The van der Waals surface area contributed by atoms with E-state index >= 15 is 0 Å². The van der Waals surface area contributed by atoms with Gasteiger partial charge in [-0.1, -0.05) is 36.4 Å². The lowest BCUT2D eigenvalue weighted by Crippen LogP contribution is -2.48. The summed E-state index contributed by atoms with van der Waals surface area (Å²) in [6.07, 6.45) is 9.05. The van der Waals surface area contributed by atoms with Crippen molar-refractivity contribution in [2.24, 2.45) is 0 Å². The van der Waals surface area contributed by atoms with Crippen molar-refractivity contribution in [2.75, 3.05) is 13.1 Å². The zero-order chi connectivity index (χ0) is 18.2. The molecular formula is C21H23N3O2. The average Bonchev–Trinajstić information content (AvgIpc) is 3.22. The van der Waals surface area contributed by atoms with Crippen molar-refractivity contribution in [3.63, 3.8) is 0 Å². The van der Waals surface area contributed by atoms with E-state index in [1.54, 1.807) is 18.5 Å². The van der Waals surface area contributed by atoms with Gasteiger partial charge >= 0.3 is 0 Å². The minimum absolute atomic E-state index is 0.00511. The van der Waals surface area contributed by atoms with Crippen molar-refractivity contribution >= 4 is 17.9 Å². The van der Waals surface area contributed by atoms with Crippen LogP contribution in [-0.2, 0) is 16.0 Å². The number of hydrogen-bond donors (Lipinski definition) is 1. The van der Waals surface area contributed by atoms with Crippen molar-refractivity contribution in [2.45, 2.75) is 25.3 Å². The smallest absolute Gasteiger partial charge is 0.245 e. The molecule has 1 fully saturated rings. The number of benzene rings is 1. The van der Waals surface area contributed by atoms with E-state index in [9.17, 15) is 9.59 Å². The minimum Gasteiger partial charge on any atom is -0.341 e. The number of carbonyl (C=O) groups excluding carboxylic acids is 2. The summed E-state index contributed by atoms with van der Waals surface area (Å²) in [5.74, 6) is -0.281. The van der Waals surface area contributed by atoms with Gasteiger partial charge in [-0.3, -0.25) is 14.6 Å². The topological polar surface area (TPSA) is 62.3 Å². The van der Waals surface area contributed by atoms with E-state index in [-0.39, 0.29) is 11.8 Å². The van der Waals surface area contributed by atoms with Crippen LogP contribution in [0.5, 0.6) is 0 Å². The fourth-order valence-corrected chi connectivity index (χ4v) is 3.07. The Labute approximate surface area is 153 Å². The summed E-state index contributed by atoms with van der Waals surface area (Å²) in [6, 6.07) is 12.9. The van der Waals surface area contributed by atoms with Gasteiger partial charge in [0.15, 0.2) is 0 Å². The summed E-state index contributed by atoms with van der Waals surface area (Å²) in [7, 11) is 0. The summed E-state index contributed by atoms with van der Waals surface area (Å²) in [4.78, 5) is 31.0. The van der Waals surface area contributed by atoms with Gasteiger partial charge in [-0.15, -0.1) is 0 Å². The molecule has 1 aromatic carbocycles. The Morgan fingerprint density at radius 2 is 1.88 bits per heavy atom. The van der Waals surface area contributed by atoms with Crippen LogP contribution in [0, 0.1) is 0 Å². The quantitative estimate of drug-likeness (QED) is 0.815. The molecule has 0 aliphatic carbocycles. The Morgan fingerprint density at radius 3 is 2.58 bits per heavy atom. The number of aromatic nitrogens is 1. The summed E-state index contributed by atoms with van der Waals surface area (Å²) in [5.41, 5.74) is 1.87. The van der Waals surface area contributed by atoms with Crippen molar-refractivity contribution in [1.29, 1.82) is 0 Å². The van der Waals surface area contributed by atoms with Gasteiger partial charge in [0.25, 0.3) is 0 Å². The molecule has 1 aromatic heterocycles. The Bertz CT molecular complexity index is 753. The normalized spacial score (nSPS) is 15.2. The van der Waals surface area contributed by atoms with E-state index in [0.717, 1.165) is 37.1 Å². The van der Waals surface area contributed by atoms with Gasteiger partial charge in [-0.2, -0.15) is 0 Å². The fourth-order valence-electron chi connectivity index (χ4n) is 3.07. The molecule has 3 rings (SSSR count). The van der Waals surface area contributed by atoms with Gasteiger partial charge in [-0.05, 0) is 36.1 Å². The highest BCUT2D eigenvalue weighted by atomic mass is 16.2. The molecule has 1 saturated heterocycles. The van der Waals surface area contributed by atoms with Crippen LogP contribution in [0.15, 0.2) is 60.9 Å². The van der Waals surface area contributed by atoms with E-state index < -0.39 is 6.04 Å². The molecule has 1 aliphatic heterocycles. The third-order valence-corrected chi connectivity index (χ3v) is 4.43. The lowest BCUT2D eigenvalue weighted by Gasteiger charge is -2.23. The molecule has 0 unspecified atom stereocenters. The summed E-state index contributed by atoms with van der Waals surface area (Å²) in [6.45, 7) is 1.54. The standard InChI is InChI=1S/C21H23N3O2/c25-20(11-10-18-9-6-12-22-16-18)23-19(15-17-7-2-1-3-8-17)21(26)24-13-4-5-14-24/h1-3,6-12,16,19H,4-5,13-15H2,(H,23,25)/b11-10+/t19-/m1/s1. The van der Waals surface area contributed by atoms with Crippen LogP contribution >= 0.6 is 0 Å². The van der Waals surface area contributed by atoms with Crippen LogP contribution in [0.4, 0.5) is 0 Å². The van der Waals surface area contributed by atoms with Gasteiger partial charge in [0, 0.05) is 38.0 Å². The van der Waals surface area contributed by atoms with Crippen molar-refractivity contribution in [3.05, 3.63) is 72.1 Å². The van der Waals surface area contributed by atoms with Gasteiger partial charge in [0.1, 0.15) is 6.04 Å². The summed E-state index contributed by atoms with van der Waals surface area (Å²) in [5, 5.41) is 2.88. The lowest BCUT2D eigenvalue weighted by molar-refractivity contribution is -0.134. The third kappa shape index (κ3) is 5.02. The maximum Gasteiger partial charge on any atom is 0.245 e. The van der Waals surface area contributed by atoms with Crippen LogP contribution in [0.25, 0.3) is 6.08 Å². The van der Waals surface area contributed by atoms with E-state index in [1.165, 1.54) is 6.08 Å². The molecule has 134 valence electrons. The van der Waals surface area contributed by atoms with E-state index in [4.69, 9.17) is 0 Å². The monoisotopic (exact) mass is 349 g/mol. The van der Waals surface area contributed by atoms with Crippen LogP contribution < -0.4 is 5.32 Å². The van der Waals surface area contributed by atoms with E-state index in [2.05, 4.69) is 10.3 Å². The molecule has 26 heavy (non-hydrogen) atoms. The molecule has 0 bridgehead atoms. The molecule has 5 heteroatoms. The molecular weight excluding hydrogens is 326 g/mol. The highest BCUT2D eigenvalue weighted by Gasteiger charge is 2.27. The number of rotatable bonds is 6. The van der Waals surface area contributed by atoms with Crippen molar-refractivity contribution in [1.82, 2.24) is 15.2 Å². The number of carbonyl (C=O) groups is 2. The molecule has 2 heterocycles. The van der Waals surface area contributed by atoms with Crippen LogP contribution in [0.2, 0.25) is 0 Å². The Morgan fingerprint density at radius 1 is 1.12 bits per heavy atom.